The third-order valence-electron chi connectivity index (χ3n) is 5.79. The Hall–Kier alpha value is -3.68. The number of benzene rings is 2. The molecule has 0 saturated carbocycles. The highest BCUT2D eigenvalue weighted by atomic mass is 16.5. The summed E-state index contributed by atoms with van der Waals surface area (Å²) in [5, 5.41) is 0. The van der Waals surface area contributed by atoms with Crippen molar-refractivity contribution in [3.63, 3.8) is 0 Å². The normalized spacial score (nSPS) is 16.9. The summed E-state index contributed by atoms with van der Waals surface area (Å²) in [6.07, 6.45) is 0. The number of nitrogens with zero attached hydrogens (tertiary/aromatic N) is 3. The lowest BCUT2D eigenvalue weighted by Crippen LogP contribution is -2.56. The molecule has 4 rings (SSSR count). The van der Waals surface area contributed by atoms with Gasteiger partial charge >= 0.3 is 0 Å². The van der Waals surface area contributed by atoms with Crippen LogP contribution >= 0.6 is 0 Å². The lowest BCUT2D eigenvalue weighted by molar-refractivity contribution is -0.136. The first-order valence-electron chi connectivity index (χ1n) is 10.1. The molecule has 1 atom stereocenters. The Morgan fingerprint density at radius 1 is 0.839 bits per heavy atom. The molecule has 2 aromatic carbocycles. The largest absolute Gasteiger partial charge is 0.497 e. The molecule has 0 bridgehead atoms. The minimum absolute atomic E-state index is 0.108. The van der Waals surface area contributed by atoms with Gasteiger partial charge in [-0.1, -0.05) is 12.1 Å². The fourth-order valence-electron chi connectivity index (χ4n) is 3.98. The SMILES string of the molecule is COc1ccc(C(=O)N2CCN(C(=O)C(C)N3C(=O)c4ccccc4C3=O)CC2)cc1. The summed E-state index contributed by atoms with van der Waals surface area (Å²) >= 11 is 0. The number of amides is 4. The highest BCUT2D eigenvalue weighted by Crippen LogP contribution is 2.25. The lowest BCUT2D eigenvalue weighted by Gasteiger charge is -2.37. The Bertz CT molecular complexity index is 1010. The molecule has 2 aliphatic heterocycles. The van der Waals surface area contributed by atoms with Gasteiger partial charge in [-0.15, -0.1) is 0 Å². The van der Waals surface area contributed by atoms with Gasteiger partial charge in [0.25, 0.3) is 17.7 Å². The number of carbonyl (C=O) groups is 4. The number of methoxy groups -OCH3 is 1. The Labute approximate surface area is 180 Å². The van der Waals surface area contributed by atoms with E-state index in [1.165, 1.54) is 0 Å². The molecule has 2 aromatic rings. The van der Waals surface area contributed by atoms with Crippen LogP contribution in [0.1, 0.15) is 38.0 Å². The number of ether oxygens (including phenoxy) is 1. The van der Waals surface area contributed by atoms with Crippen molar-refractivity contribution >= 4 is 23.6 Å². The highest BCUT2D eigenvalue weighted by Gasteiger charge is 2.42. The van der Waals surface area contributed by atoms with E-state index < -0.39 is 17.9 Å². The molecule has 1 fully saturated rings. The van der Waals surface area contributed by atoms with E-state index in [2.05, 4.69) is 0 Å². The van der Waals surface area contributed by atoms with Crippen molar-refractivity contribution in [3.05, 3.63) is 65.2 Å². The van der Waals surface area contributed by atoms with Crippen molar-refractivity contribution in [1.82, 2.24) is 14.7 Å². The van der Waals surface area contributed by atoms with Crippen LogP contribution in [0.4, 0.5) is 0 Å². The van der Waals surface area contributed by atoms with E-state index in [0.29, 0.717) is 48.6 Å². The second kappa shape index (κ2) is 8.22. The molecule has 0 radical (unpaired) electrons. The molecule has 0 spiro atoms. The molecule has 0 N–H and O–H groups in total. The van der Waals surface area contributed by atoms with Crippen LogP contribution in [0.2, 0.25) is 0 Å². The fraction of sp³-hybridized carbons (Fsp3) is 0.304. The predicted octanol–water partition coefficient (Wildman–Crippen LogP) is 1.66. The van der Waals surface area contributed by atoms with Gasteiger partial charge in [0, 0.05) is 31.7 Å². The Morgan fingerprint density at radius 2 is 1.35 bits per heavy atom. The number of piperazine rings is 1. The van der Waals surface area contributed by atoms with E-state index in [9.17, 15) is 19.2 Å². The molecule has 8 heteroatoms. The Balaban J connectivity index is 1.38. The zero-order chi connectivity index (χ0) is 22.1. The van der Waals surface area contributed by atoms with Gasteiger partial charge in [-0.2, -0.15) is 0 Å². The first kappa shape index (κ1) is 20.6. The van der Waals surface area contributed by atoms with Crippen LogP contribution in [0.3, 0.4) is 0 Å². The number of hydrogen-bond acceptors (Lipinski definition) is 5. The molecular formula is C23H23N3O5. The van der Waals surface area contributed by atoms with E-state index in [1.54, 1.807) is 72.4 Å². The third kappa shape index (κ3) is 3.65. The van der Waals surface area contributed by atoms with E-state index >= 15 is 0 Å². The number of hydrogen-bond donors (Lipinski definition) is 0. The zero-order valence-electron chi connectivity index (χ0n) is 17.4. The number of fused-ring (bicyclic) bond motifs is 1. The van der Waals surface area contributed by atoms with E-state index in [-0.39, 0.29) is 11.8 Å². The van der Waals surface area contributed by atoms with Crippen LogP contribution in [0, 0.1) is 0 Å². The van der Waals surface area contributed by atoms with Gasteiger partial charge in [0.1, 0.15) is 11.8 Å². The van der Waals surface area contributed by atoms with Crippen molar-refractivity contribution in [3.8, 4) is 5.75 Å². The van der Waals surface area contributed by atoms with Crippen LogP contribution in [0.15, 0.2) is 48.5 Å². The van der Waals surface area contributed by atoms with Crippen molar-refractivity contribution < 1.29 is 23.9 Å². The van der Waals surface area contributed by atoms with Crippen LogP contribution in [0.25, 0.3) is 0 Å². The molecule has 1 saturated heterocycles. The van der Waals surface area contributed by atoms with Crippen LogP contribution in [-0.2, 0) is 4.79 Å². The van der Waals surface area contributed by atoms with Crippen LogP contribution < -0.4 is 4.74 Å². The van der Waals surface area contributed by atoms with Gasteiger partial charge in [0.2, 0.25) is 5.91 Å². The lowest BCUT2D eigenvalue weighted by atomic mass is 10.1. The molecular weight excluding hydrogens is 398 g/mol. The minimum atomic E-state index is -0.906. The predicted molar refractivity (Wildman–Crippen MR) is 112 cm³/mol. The third-order valence-corrected chi connectivity index (χ3v) is 5.79. The highest BCUT2D eigenvalue weighted by molar-refractivity contribution is 6.22. The smallest absolute Gasteiger partial charge is 0.262 e. The molecule has 2 aliphatic rings. The number of carbonyl (C=O) groups excluding carboxylic acids is 4. The van der Waals surface area contributed by atoms with Gasteiger partial charge in [0.05, 0.1) is 18.2 Å². The fourth-order valence-corrected chi connectivity index (χ4v) is 3.98. The topological polar surface area (TPSA) is 87.2 Å². The summed E-state index contributed by atoms with van der Waals surface area (Å²) in [5.74, 6) is -0.632. The summed E-state index contributed by atoms with van der Waals surface area (Å²) in [6, 6.07) is 12.6. The van der Waals surface area contributed by atoms with Crippen molar-refractivity contribution in [2.75, 3.05) is 33.3 Å². The van der Waals surface area contributed by atoms with Crippen LogP contribution in [-0.4, -0.2) is 77.7 Å². The average molecular weight is 421 g/mol. The molecule has 1 unspecified atom stereocenters. The first-order chi connectivity index (χ1) is 14.9. The monoisotopic (exact) mass is 421 g/mol. The second-order valence-electron chi connectivity index (χ2n) is 7.55. The Morgan fingerprint density at radius 3 is 1.87 bits per heavy atom. The van der Waals surface area contributed by atoms with Gasteiger partial charge in [-0.05, 0) is 43.3 Å². The van der Waals surface area contributed by atoms with Crippen molar-refractivity contribution in [2.45, 2.75) is 13.0 Å². The van der Waals surface area contributed by atoms with Gasteiger partial charge in [-0.25, -0.2) is 0 Å². The maximum atomic E-state index is 13.0. The molecule has 4 amide bonds. The van der Waals surface area contributed by atoms with E-state index in [0.717, 1.165) is 4.90 Å². The van der Waals surface area contributed by atoms with Crippen molar-refractivity contribution in [2.24, 2.45) is 0 Å². The summed E-state index contributed by atoms with van der Waals surface area (Å²) in [7, 11) is 1.57. The summed E-state index contributed by atoms with van der Waals surface area (Å²) < 4.78 is 5.11. The summed E-state index contributed by atoms with van der Waals surface area (Å²) in [6.45, 7) is 3.01. The van der Waals surface area contributed by atoms with E-state index in [1.807, 2.05) is 0 Å². The molecule has 8 nitrogen and oxygen atoms in total. The van der Waals surface area contributed by atoms with Gasteiger partial charge < -0.3 is 14.5 Å². The molecule has 160 valence electrons. The first-order valence-corrected chi connectivity index (χ1v) is 10.1. The maximum absolute atomic E-state index is 13.0. The molecule has 0 aromatic heterocycles. The Kier molecular flexibility index (Phi) is 5.46. The summed E-state index contributed by atoms with van der Waals surface area (Å²) in [5.41, 5.74) is 1.20. The van der Waals surface area contributed by atoms with Gasteiger partial charge in [-0.3, -0.25) is 24.1 Å². The number of imide groups is 1. The van der Waals surface area contributed by atoms with Crippen molar-refractivity contribution in [1.29, 1.82) is 0 Å². The molecule has 31 heavy (non-hydrogen) atoms. The molecule has 0 aliphatic carbocycles. The maximum Gasteiger partial charge on any atom is 0.262 e. The summed E-state index contributed by atoms with van der Waals surface area (Å²) in [4.78, 5) is 55.4. The molecule has 2 heterocycles. The van der Waals surface area contributed by atoms with Crippen LogP contribution in [0.5, 0.6) is 5.75 Å². The average Bonchev–Trinajstić information content (AvgIpc) is 3.08. The minimum Gasteiger partial charge on any atom is -0.497 e. The standard InChI is InChI=1S/C23H23N3O5/c1-15(26-22(29)18-5-3-4-6-19(18)23(26)30)20(27)24-11-13-25(14-12-24)21(28)16-7-9-17(31-2)10-8-16/h3-10,15H,11-14H2,1-2H3. The van der Waals surface area contributed by atoms with E-state index in [4.69, 9.17) is 4.74 Å². The quantitative estimate of drug-likeness (QED) is 0.701. The number of rotatable bonds is 4. The van der Waals surface area contributed by atoms with Gasteiger partial charge in [0.15, 0.2) is 0 Å². The zero-order valence-corrected chi connectivity index (χ0v) is 17.4. The second-order valence-corrected chi connectivity index (χ2v) is 7.55.